The number of unbranched alkanes of at least 4 members (excludes halogenated alkanes) is 7. The molecule has 6 atom stereocenters. The minimum absolute atomic E-state index is 0.0178. The van der Waals surface area contributed by atoms with Gasteiger partial charge in [0.1, 0.15) is 8.16 Å². The van der Waals surface area contributed by atoms with Gasteiger partial charge in [-0.25, -0.2) is 0 Å². The van der Waals surface area contributed by atoms with E-state index in [0.29, 0.717) is 11.8 Å². The van der Waals surface area contributed by atoms with Crippen molar-refractivity contribution in [3.05, 3.63) is 168 Å². The zero-order valence-corrected chi connectivity index (χ0v) is 36.0. The second-order valence-corrected chi connectivity index (χ2v) is 22.5. The zero-order valence-electron chi connectivity index (χ0n) is 32.7. The molecule has 4 bridgehead atoms. The Morgan fingerprint density at radius 3 is 1.34 bits per heavy atom. The van der Waals surface area contributed by atoms with Crippen molar-refractivity contribution in [3.63, 3.8) is 0 Å². The lowest BCUT2D eigenvalue weighted by Crippen LogP contribution is -2.26. The molecule has 2 saturated heterocycles. The van der Waals surface area contributed by atoms with Crippen LogP contribution in [-0.2, 0) is 19.7 Å². The van der Waals surface area contributed by atoms with E-state index in [1.54, 1.807) is 0 Å². The van der Waals surface area contributed by atoms with E-state index >= 15 is 0 Å². The number of benzene rings is 2. The van der Waals surface area contributed by atoms with Crippen LogP contribution >= 0.6 is 47.0 Å². The highest BCUT2D eigenvalue weighted by atomic mass is 32.2. The molecule has 0 amide bonds. The molecule has 4 heterocycles. The van der Waals surface area contributed by atoms with Crippen molar-refractivity contribution in [1.82, 2.24) is 9.97 Å². The predicted octanol–water partition coefficient (Wildman–Crippen LogP) is 14.7. The molecule has 4 aromatic rings. The van der Waals surface area contributed by atoms with Gasteiger partial charge in [-0.15, -0.1) is 47.0 Å². The maximum absolute atomic E-state index is 4.95. The topological polar surface area (TPSA) is 25.8 Å². The third kappa shape index (κ3) is 8.60. The van der Waals surface area contributed by atoms with E-state index in [2.05, 4.69) is 169 Å². The predicted molar refractivity (Wildman–Crippen MR) is 249 cm³/mol. The lowest BCUT2D eigenvalue weighted by molar-refractivity contribution is 0.495. The van der Waals surface area contributed by atoms with Gasteiger partial charge in [0.2, 0.25) is 0 Å². The first-order valence-corrected chi connectivity index (χ1v) is 24.4. The van der Waals surface area contributed by atoms with E-state index in [1.165, 1.54) is 111 Å². The van der Waals surface area contributed by atoms with Gasteiger partial charge in [-0.1, -0.05) is 162 Å². The number of nitrogens with zero attached hydrogens (tertiary/aromatic N) is 2. The van der Waals surface area contributed by atoms with Crippen LogP contribution in [-0.4, -0.2) is 19.5 Å². The highest BCUT2D eigenvalue weighted by Gasteiger charge is 2.59. The van der Waals surface area contributed by atoms with Gasteiger partial charge in [-0.2, -0.15) is 0 Å². The minimum Gasteiger partial charge on any atom is -0.259 e. The van der Waals surface area contributed by atoms with Gasteiger partial charge in [-0.3, -0.25) is 9.97 Å². The normalized spacial score (nSPS) is 28.3. The first kappa shape index (κ1) is 39.9. The van der Waals surface area contributed by atoms with E-state index in [9.17, 15) is 0 Å². The second kappa shape index (κ2) is 17.9. The average molecular weight is 813 g/mol. The Balaban J connectivity index is 0.768. The molecule has 2 aromatic carbocycles. The fourth-order valence-electron chi connectivity index (χ4n) is 9.33. The summed E-state index contributed by atoms with van der Waals surface area (Å²) in [7, 11) is 0. The van der Waals surface area contributed by atoms with Crippen LogP contribution in [0.15, 0.2) is 135 Å². The first-order valence-electron chi connectivity index (χ1n) is 20.8. The Bertz CT molecular complexity index is 1830. The Morgan fingerprint density at radius 1 is 0.554 bits per heavy atom. The SMILES string of the molecule is C=Cc1ccc(CSC2(c3ccccn3)SC3(CCCCCCCCCCC45C=CC(C4)C(SCc4ccc(C=C)cc4)(c4ccccn4)S5)C=CC2C3)cc1. The summed E-state index contributed by atoms with van der Waals surface area (Å²) in [5.74, 6) is 3.04. The molecule has 2 aliphatic carbocycles. The summed E-state index contributed by atoms with van der Waals surface area (Å²) in [6.45, 7) is 7.84. The molecule has 2 aromatic heterocycles. The van der Waals surface area contributed by atoms with Crippen LogP contribution in [0.5, 0.6) is 0 Å². The van der Waals surface area contributed by atoms with Gasteiger partial charge in [-0.05, 0) is 72.2 Å². The number of thioether (sulfide) groups is 4. The number of hydrogen-bond acceptors (Lipinski definition) is 6. The van der Waals surface area contributed by atoms with Crippen LogP contribution < -0.4 is 0 Å². The standard InChI is InChI=1S/C50H56N2S4/c1-3-39-19-23-41(24-20-39)37-53-49(45-17-11-15-33-51-45)43-27-31-47(35-43,55-49)29-13-9-7-5-6-8-10-14-30-48-32-28-44(36-48)50(56-48,46-18-12-16-34-52-46)54-38-42-25-21-40(4-2)22-26-42/h3-4,11-12,15-28,31-34,43-44H,1-2,5-10,13-14,29-30,35-38H2. The van der Waals surface area contributed by atoms with Crippen molar-refractivity contribution >= 4 is 59.2 Å². The Morgan fingerprint density at radius 2 is 0.964 bits per heavy atom. The molecule has 2 aliphatic heterocycles. The third-order valence-corrected chi connectivity index (χ3v) is 19.9. The Hall–Kier alpha value is -2.90. The molecular formula is C50H56N2S4. The number of aromatic nitrogens is 2. The molecular weight excluding hydrogens is 757 g/mol. The van der Waals surface area contributed by atoms with Gasteiger partial charge < -0.3 is 0 Å². The maximum Gasteiger partial charge on any atom is 0.110 e. The number of pyridine rings is 2. The quantitative estimate of drug-likeness (QED) is 0.0614. The van der Waals surface area contributed by atoms with Crippen LogP contribution in [0.4, 0.5) is 0 Å². The van der Waals surface area contributed by atoms with Crippen molar-refractivity contribution in [2.45, 2.75) is 106 Å². The summed E-state index contributed by atoms with van der Waals surface area (Å²) in [5.41, 5.74) is 7.58. The molecule has 56 heavy (non-hydrogen) atoms. The largest absolute Gasteiger partial charge is 0.259 e. The second-order valence-electron chi connectivity index (χ2n) is 16.2. The summed E-state index contributed by atoms with van der Waals surface area (Å²) in [4.78, 5) is 9.90. The van der Waals surface area contributed by atoms with Crippen molar-refractivity contribution in [3.8, 4) is 0 Å². The van der Waals surface area contributed by atoms with Crippen LogP contribution in [0.2, 0.25) is 0 Å². The highest BCUT2D eigenvalue weighted by molar-refractivity contribution is 8.18. The zero-order chi connectivity index (χ0) is 38.3. The first-order chi connectivity index (χ1) is 27.5. The molecule has 0 N–H and O–H groups in total. The molecule has 6 heteroatoms. The highest BCUT2D eigenvalue weighted by Crippen LogP contribution is 2.71. The minimum atomic E-state index is -0.0178. The smallest absolute Gasteiger partial charge is 0.110 e. The van der Waals surface area contributed by atoms with Gasteiger partial charge in [0.05, 0.1) is 11.4 Å². The van der Waals surface area contributed by atoms with Gasteiger partial charge in [0.15, 0.2) is 0 Å². The molecule has 2 fully saturated rings. The third-order valence-electron chi connectivity index (χ3n) is 12.4. The van der Waals surface area contributed by atoms with E-state index in [-0.39, 0.29) is 17.7 Å². The summed E-state index contributed by atoms with van der Waals surface area (Å²) in [6.07, 6.45) is 33.8. The lowest BCUT2D eigenvalue weighted by Gasteiger charge is -2.36. The molecule has 0 spiro atoms. The fraction of sp³-hybridized carbons (Fsp3) is 0.400. The van der Waals surface area contributed by atoms with E-state index in [1.807, 2.05) is 24.5 Å². The van der Waals surface area contributed by atoms with Crippen molar-refractivity contribution < 1.29 is 0 Å². The van der Waals surface area contributed by atoms with Crippen molar-refractivity contribution in [1.29, 1.82) is 0 Å². The monoisotopic (exact) mass is 812 g/mol. The summed E-state index contributed by atoms with van der Waals surface area (Å²) in [5, 5.41) is 0. The molecule has 0 radical (unpaired) electrons. The number of rotatable bonds is 21. The molecule has 2 nitrogen and oxygen atoms in total. The number of hydrogen-bond donors (Lipinski definition) is 0. The fourth-order valence-corrected chi connectivity index (χ4v) is 17.2. The molecule has 290 valence electrons. The van der Waals surface area contributed by atoms with Crippen molar-refractivity contribution in [2.75, 3.05) is 0 Å². The van der Waals surface area contributed by atoms with Crippen LogP contribution in [0.25, 0.3) is 12.2 Å². The molecule has 0 saturated carbocycles. The van der Waals surface area contributed by atoms with Gasteiger partial charge in [0.25, 0.3) is 0 Å². The molecule has 8 rings (SSSR count). The van der Waals surface area contributed by atoms with Crippen LogP contribution in [0.1, 0.15) is 111 Å². The van der Waals surface area contributed by atoms with Crippen LogP contribution in [0, 0.1) is 11.8 Å². The molecule has 6 unspecified atom stereocenters. The average Bonchev–Trinajstić information content (AvgIpc) is 4.03. The maximum atomic E-state index is 4.95. The summed E-state index contributed by atoms with van der Waals surface area (Å²) in [6, 6.07) is 30.7. The van der Waals surface area contributed by atoms with E-state index < -0.39 is 0 Å². The van der Waals surface area contributed by atoms with Crippen LogP contribution in [0.3, 0.4) is 0 Å². The lowest BCUT2D eigenvalue weighted by atomic mass is 9.93. The number of fused-ring (bicyclic) bond motifs is 4. The molecule has 4 aliphatic rings. The van der Waals surface area contributed by atoms with Gasteiger partial charge >= 0.3 is 0 Å². The Labute approximate surface area is 353 Å². The van der Waals surface area contributed by atoms with Crippen molar-refractivity contribution in [2.24, 2.45) is 11.8 Å². The summed E-state index contributed by atoms with van der Waals surface area (Å²) < 4.78 is 0.458. The number of allylic oxidation sites excluding steroid dienone is 2. The van der Waals surface area contributed by atoms with E-state index in [4.69, 9.17) is 9.97 Å². The van der Waals surface area contributed by atoms with Gasteiger partial charge in [0, 0.05) is 45.2 Å². The summed E-state index contributed by atoms with van der Waals surface area (Å²) >= 11 is 8.61. The van der Waals surface area contributed by atoms with E-state index in [0.717, 1.165) is 11.5 Å². The Kier molecular flexibility index (Phi) is 12.8.